The summed E-state index contributed by atoms with van der Waals surface area (Å²) in [5.41, 5.74) is 2.79. The quantitative estimate of drug-likeness (QED) is 0.198. The first-order chi connectivity index (χ1) is 20.6. The van der Waals surface area contributed by atoms with Crippen LogP contribution < -0.4 is 9.62 Å². The summed E-state index contributed by atoms with van der Waals surface area (Å²) < 4.78 is 29.0. The van der Waals surface area contributed by atoms with E-state index in [1.54, 1.807) is 25.1 Å². The van der Waals surface area contributed by atoms with Crippen molar-refractivity contribution in [2.24, 2.45) is 0 Å². The molecule has 10 heteroatoms. The van der Waals surface area contributed by atoms with Crippen molar-refractivity contribution >= 4 is 50.7 Å². The molecule has 0 aromatic heterocycles. The van der Waals surface area contributed by atoms with Crippen molar-refractivity contribution in [3.05, 3.63) is 130 Å². The summed E-state index contributed by atoms with van der Waals surface area (Å²) in [5.74, 6) is -0.910. The first-order valence-electron chi connectivity index (χ1n) is 13.8. The van der Waals surface area contributed by atoms with Crippen molar-refractivity contribution in [3.8, 4) is 0 Å². The van der Waals surface area contributed by atoms with Gasteiger partial charge in [-0.3, -0.25) is 13.9 Å². The molecule has 0 bridgehead atoms. The Kier molecular flexibility index (Phi) is 10.9. The molecule has 0 fully saturated rings. The fourth-order valence-electron chi connectivity index (χ4n) is 4.65. The first-order valence-corrected chi connectivity index (χ1v) is 16.0. The van der Waals surface area contributed by atoms with Crippen LogP contribution in [0.5, 0.6) is 0 Å². The van der Waals surface area contributed by atoms with Gasteiger partial charge in [0, 0.05) is 24.5 Å². The van der Waals surface area contributed by atoms with Gasteiger partial charge in [0.25, 0.3) is 10.0 Å². The largest absolute Gasteiger partial charge is 0.355 e. The van der Waals surface area contributed by atoms with Gasteiger partial charge >= 0.3 is 0 Å². The fraction of sp³-hybridized carbons (Fsp3) is 0.212. The number of aryl methyl sites for hydroxylation is 1. The molecule has 1 atom stereocenters. The number of sulfonamides is 1. The number of nitrogens with zero attached hydrogens (tertiary/aromatic N) is 2. The molecule has 0 aliphatic heterocycles. The van der Waals surface area contributed by atoms with Crippen molar-refractivity contribution in [1.82, 2.24) is 10.2 Å². The number of nitrogens with one attached hydrogen (secondary N) is 1. The fourth-order valence-corrected chi connectivity index (χ4v) is 6.67. The van der Waals surface area contributed by atoms with E-state index >= 15 is 0 Å². The summed E-state index contributed by atoms with van der Waals surface area (Å²) >= 11 is 12.6. The van der Waals surface area contributed by atoms with Crippen LogP contribution in [-0.4, -0.2) is 44.3 Å². The maximum Gasteiger partial charge on any atom is 0.264 e. The molecule has 0 unspecified atom stereocenters. The summed E-state index contributed by atoms with van der Waals surface area (Å²) in [6.07, 6.45) is 0.234. The Hall–Kier alpha value is -3.85. The average Bonchev–Trinajstić information content (AvgIpc) is 3.00. The van der Waals surface area contributed by atoms with Gasteiger partial charge in [-0.1, -0.05) is 102 Å². The highest BCUT2D eigenvalue weighted by Gasteiger charge is 2.35. The molecule has 0 saturated heterocycles. The van der Waals surface area contributed by atoms with Crippen LogP contribution in [0.3, 0.4) is 0 Å². The summed E-state index contributed by atoms with van der Waals surface area (Å²) in [6.45, 7) is 3.62. The highest BCUT2D eigenvalue weighted by atomic mass is 35.5. The molecule has 4 aromatic carbocycles. The van der Waals surface area contributed by atoms with Crippen LogP contribution in [0, 0.1) is 6.92 Å². The van der Waals surface area contributed by atoms with Crippen LogP contribution in [0.1, 0.15) is 23.6 Å². The lowest BCUT2D eigenvalue weighted by Crippen LogP contribution is -2.53. The number of anilines is 1. The number of benzene rings is 4. The molecular formula is C33H33Cl2N3O4S. The van der Waals surface area contributed by atoms with Crippen LogP contribution >= 0.6 is 23.2 Å². The number of hydrogen-bond acceptors (Lipinski definition) is 4. The number of carbonyl (C=O) groups excluding carboxylic acids is 2. The summed E-state index contributed by atoms with van der Waals surface area (Å²) in [5, 5.41) is 3.23. The zero-order valence-corrected chi connectivity index (χ0v) is 26.2. The van der Waals surface area contributed by atoms with Gasteiger partial charge in [0.15, 0.2) is 0 Å². The van der Waals surface area contributed by atoms with Gasteiger partial charge in [0.1, 0.15) is 12.6 Å². The number of amides is 2. The Balaban J connectivity index is 1.81. The molecule has 0 spiro atoms. The predicted octanol–water partition coefficient (Wildman–Crippen LogP) is 6.27. The lowest BCUT2D eigenvalue weighted by Gasteiger charge is -2.34. The predicted molar refractivity (Wildman–Crippen MR) is 172 cm³/mol. The van der Waals surface area contributed by atoms with E-state index in [0.717, 1.165) is 21.0 Å². The third kappa shape index (κ3) is 8.16. The zero-order chi connectivity index (χ0) is 31.0. The van der Waals surface area contributed by atoms with Crippen LogP contribution in [0.2, 0.25) is 10.0 Å². The van der Waals surface area contributed by atoms with E-state index in [1.807, 2.05) is 61.5 Å². The van der Waals surface area contributed by atoms with Gasteiger partial charge in [-0.2, -0.15) is 0 Å². The number of rotatable bonds is 12. The van der Waals surface area contributed by atoms with Gasteiger partial charge in [-0.15, -0.1) is 0 Å². The zero-order valence-electron chi connectivity index (χ0n) is 23.9. The topological polar surface area (TPSA) is 86.8 Å². The van der Waals surface area contributed by atoms with E-state index in [4.69, 9.17) is 23.2 Å². The molecule has 0 heterocycles. The molecule has 0 radical (unpaired) electrons. The number of likely N-dealkylation sites (N-methyl/N-ethyl adjacent to an activating group) is 1. The summed E-state index contributed by atoms with van der Waals surface area (Å²) in [7, 11) is -4.25. The second-order valence-electron chi connectivity index (χ2n) is 10.0. The second kappa shape index (κ2) is 14.6. The van der Waals surface area contributed by atoms with Gasteiger partial charge < -0.3 is 10.2 Å². The smallest absolute Gasteiger partial charge is 0.264 e. The van der Waals surface area contributed by atoms with Gasteiger partial charge in [0.05, 0.1) is 15.6 Å². The van der Waals surface area contributed by atoms with Crippen molar-refractivity contribution < 1.29 is 18.0 Å². The lowest BCUT2D eigenvalue weighted by molar-refractivity contribution is -0.140. The molecule has 224 valence electrons. The van der Waals surface area contributed by atoms with Gasteiger partial charge in [-0.05, 0) is 55.3 Å². The van der Waals surface area contributed by atoms with E-state index in [1.165, 1.54) is 35.2 Å². The molecule has 4 rings (SSSR count). The third-order valence-electron chi connectivity index (χ3n) is 6.88. The van der Waals surface area contributed by atoms with Crippen LogP contribution in [-0.2, 0) is 32.6 Å². The molecule has 0 aliphatic carbocycles. The van der Waals surface area contributed by atoms with E-state index in [-0.39, 0.29) is 34.5 Å². The van der Waals surface area contributed by atoms with E-state index in [0.29, 0.717) is 11.6 Å². The minimum Gasteiger partial charge on any atom is -0.355 e. The minimum atomic E-state index is -4.25. The molecule has 0 aliphatic rings. The molecule has 7 nitrogen and oxygen atoms in total. The Morgan fingerprint density at radius 2 is 1.47 bits per heavy atom. The minimum absolute atomic E-state index is 0.0107. The Labute approximate surface area is 263 Å². The van der Waals surface area contributed by atoms with Crippen LogP contribution in [0.4, 0.5) is 5.69 Å². The molecular weight excluding hydrogens is 605 g/mol. The first kappa shape index (κ1) is 32.1. The number of halogens is 2. The van der Waals surface area contributed by atoms with E-state index < -0.39 is 28.5 Å². The monoisotopic (exact) mass is 637 g/mol. The average molecular weight is 639 g/mol. The molecule has 43 heavy (non-hydrogen) atoms. The van der Waals surface area contributed by atoms with Gasteiger partial charge in [0.2, 0.25) is 11.8 Å². The van der Waals surface area contributed by atoms with Crippen molar-refractivity contribution in [3.63, 3.8) is 0 Å². The van der Waals surface area contributed by atoms with Crippen LogP contribution in [0.25, 0.3) is 0 Å². The van der Waals surface area contributed by atoms with Gasteiger partial charge in [-0.25, -0.2) is 8.42 Å². The van der Waals surface area contributed by atoms with Crippen LogP contribution in [0.15, 0.2) is 108 Å². The van der Waals surface area contributed by atoms with E-state index in [2.05, 4.69) is 5.32 Å². The second-order valence-corrected chi connectivity index (χ2v) is 12.7. The Bertz CT molecular complexity index is 1650. The van der Waals surface area contributed by atoms with Crippen molar-refractivity contribution in [1.29, 1.82) is 0 Å². The molecule has 4 aromatic rings. The summed E-state index contributed by atoms with van der Waals surface area (Å²) in [6, 6.07) is 28.3. The van der Waals surface area contributed by atoms with Crippen molar-refractivity contribution in [2.45, 2.75) is 37.8 Å². The standard InChI is InChI=1S/C33H33Cl2N3O4S/c1-3-36-33(40)31(20-25-10-6-4-7-11-25)37(22-26-16-14-24(2)15-17-26)32(39)23-38(30-19-18-27(34)21-29(30)35)43(41,42)28-12-8-5-9-13-28/h4-19,21,31H,3,20,22-23H2,1-2H3,(H,36,40)/t31-/m0/s1. The maximum atomic E-state index is 14.4. The highest BCUT2D eigenvalue weighted by molar-refractivity contribution is 7.92. The summed E-state index contributed by atoms with van der Waals surface area (Å²) in [4.78, 5) is 29.3. The molecule has 0 saturated carbocycles. The normalized spacial score (nSPS) is 11.9. The third-order valence-corrected chi connectivity index (χ3v) is 9.20. The maximum absolute atomic E-state index is 14.4. The Morgan fingerprint density at radius 3 is 2.07 bits per heavy atom. The lowest BCUT2D eigenvalue weighted by atomic mass is 10.0. The highest BCUT2D eigenvalue weighted by Crippen LogP contribution is 2.33. The Morgan fingerprint density at radius 1 is 0.837 bits per heavy atom. The SMILES string of the molecule is CCNC(=O)[C@H](Cc1ccccc1)N(Cc1ccc(C)cc1)C(=O)CN(c1ccc(Cl)cc1Cl)S(=O)(=O)c1ccccc1. The number of hydrogen-bond donors (Lipinski definition) is 1. The van der Waals surface area contributed by atoms with E-state index in [9.17, 15) is 18.0 Å². The molecule has 1 N–H and O–H groups in total. The number of carbonyl (C=O) groups is 2. The molecule has 2 amide bonds. The van der Waals surface area contributed by atoms with Crippen molar-refractivity contribution in [2.75, 3.05) is 17.4 Å².